The summed E-state index contributed by atoms with van der Waals surface area (Å²) in [4.78, 5) is 13.0. The number of aliphatic hydroxyl groups is 1. The highest BCUT2D eigenvalue weighted by atomic mass is 32.2. The Bertz CT molecular complexity index is 1350. The molecule has 1 saturated carbocycles. The second-order valence-corrected chi connectivity index (χ2v) is 12.6. The highest BCUT2D eigenvalue weighted by Gasteiger charge is 2.22. The van der Waals surface area contributed by atoms with Gasteiger partial charge in [-0.05, 0) is 85.9 Å². The van der Waals surface area contributed by atoms with E-state index in [9.17, 15) is 18.3 Å². The standard InChI is InChI=1S/C33H42N2O5S/c1-2-22-41(38,39)35-33(37)30-20-19-28(23-32(30)40-29-13-7-4-8-14-29)26-17-15-25(16-18-26)10-9-21-34-24-31(36)27-11-5-3-6-12-27/h3,5-6,11-12,15-20,23,29,31,34,36H,2,4,7-10,13-14,21-22,24H2,1H3,(H,35,37)/t31-/m0/s1. The zero-order valence-corrected chi connectivity index (χ0v) is 24.7. The first-order valence-electron chi connectivity index (χ1n) is 14.7. The zero-order chi connectivity index (χ0) is 29.1. The molecule has 0 bridgehead atoms. The van der Waals surface area contributed by atoms with Crippen molar-refractivity contribution in [3.8, 4) is 16.9 Å². The Morgan fingerprint density at radius 3 is 2.39 bits per heavy atom. The van der Waals surface area contributed by atoms with Gasteiger partial charge in [-0.15, -0.1) is 0 Å². The number of ether oxygens (including phenoxy) is 1. The maximum atomic E-state index is 13.0. The number of carbonyl (C=O) groups is 1. The first-order chi connectivity index (χ1) is 19.8. The zero-order valence-electron chi connectivity index (χ0n) is 23.8. The summed E-state index contributed by atoms with van der Waals surface area (Å²) < 4.78 is 33.0. The van der Waals surface area contributed by atoms with Gasteiger partial charge in [0.1, 0.15) is 5.75 Å². The number of rotatable bonds is 14. The van der Waals surface area contributed by atoms with Crippen LogP contribution in [-0.2, 0) is 16.4 Å². The molecule has 1 atom stereocenters. The lowest BCUT2D eigenvalue weighted by atomic mass is 9.97. The predicted molar refractivity (Wildman–Crippen MR) is 164 cm³/mol. The van der Waals surface area contributed by atoms with E-state index >= 15 is 0 Å². The molecule has 0 radical (unpaired) electrons. The molecule has 1 amide bonds. The van der Waals surface area contributed by atoms with E-state index in [0.717, 1.165) is 61.8 Å². The Hall–Kier alpha value is -3.20. The van der Waals surface area contributed by atoms with Crippen LogP contribution in [0.5, 0.6) is 5.75 Å². The molecule has 0 unspecified atom stereocenters. The first-order valence-corrected chi connectivity index (χ1v) is 16.4. The smallest absolute Gasteiger partial charge is 0.268 e. The summed E-state index contributed by atoms with van der Waals surface area (Å²) in [5.41, 5.74) is 4.28. The summed E-state index contributed by atoms with van der Waals surface area (Å²) >= 11 is 0. The van der Waals surface area contributed by atoms with Gasteiger partial charge in [0.15, 0.2) is 0 Å². The third kappa shape index (κ3) is 9.42. The van der Waals surface area contributed by atoms with Gasteiger partial charge in [-0.25, -0.2) is 13.1 Å². The number of hydrogen-bond donors (Lipinski definition) is 3. The van der Waals surface area contributed by atoms with Gasteiger partial charge in [0.25, 0.3) is 5.91 Å². The highest BCUT2D eigenvalue weighted by molar-refractivity contribution is 7.90. The monoisotopic (exact) mass is 578 g/mol. The van der Waals surface area contributed by atoms with Crippen molar-refractivity contribution < 1.29 is 23.1 Å². The average Bonchev–Trinajstić information content (AvgIpc) is 2.98. The quantitative estimate of drug-likeness (QED) is 0.209. The van der Waals surface area contributed by atoms with Crippen molar-refractivity contribution in [3.05, 3.63) is 89.5 Å². The van der Waals surface area contributed by atoms with Gasteiger partial charge in [0, 0.05) is 6.54 Å². The Morgan fingerprint density at radius 2 is 1.68 bits per heavy atom. The lowest BCUT2D eigenvalue weighted by Crippen LogP contribution is -2.33. The molecule has 0 aliphatic heterocycles. The third-order valence-corrected chi connectivity index (χ3v) is 8.86. The molecule has 3 aromatic rings. The number of aliphatic hydroxyl groups excluding tert-OH is 1. The number of carbonyl (C=O) groups excluding carboxylic acids is 1. The Labute approximate surface area is 244 Å². The minimum Gasteiger partial charge on any atom is -0.490 e. The van der Waals surface area contributed by atoms with Gasteiger partial charge in [-0.2, -0.15) is 0 Å². The van der Waals surface area contributed by atoms with Crippen LogP contribution in [0.3, 0.4) is 0 Å². The van der Waals surface area contributed by atoms with E-state index < -0.39 is 22.0 Å². The van der Waals surface area contributed by atoms with E-state index in [-0.39, 0.29) is 17.4 Å². The van der Waals surface area contributed by atoms with Crippen molar-refractivity contribution in [1.82, 2.24) is 10.0 Å². The summed E-state index contributed by atoms with van der Waals surface area (Å²) in [6, 6.07) is 23.3. The second-order valence-electron chi connectivity index (χ2n) is 10.8. The molecular weight excluding hydrogens is 536 g/mol. The van der Waals surface area contributed by atoms with Crippen LogP contribution in [0.4, 0.5) is 0 Å². The SMILES string of the molecule is CCCS(=O)(=O)NC(=O)c1ccc(-c2ccc(CCCNC[C@H](O)c3ccccc3)cc2)cc1OC1CCCCC1. The summed E-state index contributed by atoms with van der Waals surface area (Å²) in [6.45, 7) is 3.09. The molecule has 8 heteroatoms. The maximum Gasteiger partial charge on any atom is 0.268 e. The van der Waals surface area contributed by atoms with E-state index in [1.807, 2.05) is 42.5 Å². The largest absolute Gasteiger partial charge is 0.490 e. The van der Waals surface area contributed by atoms with Crippen LogP contribution in [0.25, 0.3) is 11.1 Å². The van der Waals surface area contributed by atoms with E-state index in [0.29, 0.717) is 18.7 Å². The molecule has 1 fully saturated rings. The fourth-order valence-electron chi connectivity index (χ4n) is 5.18. The molecule has 1 aliphatic rings. The highest BCUT2D eigenvalue weighted by Crippen LogP contribution is 2.31. The van der Waals surface area contributed by atoms with Gasteiger partial charge in [-0.3, -0.25) is 4.79 Å². The number of amides is 1. The maximum absolute atomic E-state index is 13.0. The van der Waals surface area contributed by atoms with Crippen LogP contribution in [0.1, 0.15) is 79.5 Å². The molecule has 0 aromatic heterocycles. The molecule has 4 rings (SSSR count). The topological polar surface area (TPSA) is 105 Å². The molecule has 41 heavy (non-hydrogen) atoms. The minimum atomic E-state index is -3.70. The predicted octanol–water partition coefficient (Wildman–Crippen LogP) is 5.79. The van der Waals surface area contributed by atoms with Crippen molar-refractivity contribution >= 4 is 15.9 Å². The molecular formula is C33H42N2O5S. The van der Waals surface area contributed by atoms with E-state index in [1.165, 1.54) is 12.0 Å². The lowest BCUT2D eigenvalue weighted by molar-refractivity contribution is 0.0969. The molecule has 1 aliphatic carbocycles. The molecule has 0 saturated heterocycles. The Morgan fingerprint density at radius 1 is 0.976 bits per heavy atom. The molecule has 0 heterocycles. The van der Waals surface area contributed by atoms with Gasteiger partial charge < -0.3 is 15.2 Å². The second kappa shape index (κ2) is 15.1. The van der Waals surface area contributed by atoms with Crippen molar-refractivity contribution in [1.29, 1.82) is 0 Å². The van der Waals surface area contributed by atoms with Gasteiger partial charge in [-0.1, -0.05) is 74.0 Å². The van der Waals surface area contributed by atoms with Gasteiger partial charge in [0.2, 0.25) is 10.0 Å². The fourth-order valence-corrected chi connectivity index (χ4v) is 6.21. The lowest BCUT2D eigenvalue weighted by Gasteiger charge is -2.24. The van der Waals surface area contributed by atoms with Crippen LogP contribution in [0.2, 0.25) is 0 Å². The van der Waals surface area contributed by atoms with Crippen molar-refractivity contribution in [2.24, 2.45) is 0 Å². The number of hydrogen-bond acceptors (Lipinski definition) is 6. The molecule has 3 aromatic carbocycles. The summed E-state index contributed by atoms with van der Waals surface area (Å²) in [5.74, 6) is -0.337. The summed E-state index contributed by atoms with van der Waals surface area (Å²) in [5, 5.41) is 13.6. The molecule has 3 N–H and O–H groups in total. The van der Waals surface area contributed by atoms with E-state index in [4.69, 9.17) is 4.74 Å². The number of benzene rings is 3. The normalized spacial score (nSPS) is 14.9. The third-order valence-electron chi connectivity index (χ3n) is 7.42. The first kappa shape index (κ1) is 30.8. The van der Waals surface area contributed by atoms with E-state index in [2.05, 4.69) is 34.3 Å². The van der Waals surface area contributed by atoms with Crippen molar-refractivity contribution in [2.45, 2.75) is 70.5 Å². The Kier molecular flexibility index (Phi) is 11.4. The van der Waals surface area contributed by atoms with Crippen LogP contribution in [0.15, 0.2) is 72.8 Å². The van der Waals surface area contributed by atoms with Crippen molar-refractivity contribution in [2.75, 3.05) is 18.8 Å². The van der Waals surface area contributed by atoms with Crippen molar-refractivity contribution in [3.63, 3.8) is 0 Å². The van der Waals surface area contributed by atoms with Gasteiger partial charge in [0.05, 0.1) is 23.5 Å². The number of sulfonamides is 1. The average molecular weight is 579 g/mol. The molecule has 7 nitrogen and oxygen atoms in total. The molecule has 220 valence electrons. The van der Waals surface area contributed by atoms with Crippen LogP contribution in [-0.4, -0.2) is 44.4 Å². The number of nitrogens with one attached hydrogen (secondary N) is 2. The molecule has 0 spiro atoms. The van der Waals surface area contributed by atoms with Crippen LogP contribution < -0.4 is 14.8 Å². The Balaban J connectivity index is 1.38. The van der Waals surface area contributed by atoms with E-state index in [1.54, 1.807) is 13.0 Å². The van der Waals surface area contributed by atoms with Crippen LogP contribution in [0, 0.1) is 0 Å². The minimum absolute atomic E-state index is 0.0163. The fraction of sp³-hybridized carbons (Fsp3) is 0.424. The van der Waals surface area contributed by atoms with Gasteiger partial charge >= 0.3 is 0 Å². The summed E-state index contributed by atoms with van der Waals surface area (Å²) in [7, 11) is -3.70. The summed E-state index contributed by atoms with van der Waals surface area (Å²) in [6.07, 6.45) is 6.99. The number of aryl methyl sites for hydroxylation is 1. The van der Waals surface area contributed by atoms with Crippen LogP contribution >= 0.6 is 0 Å².